The van der Waals surface area contributed by atoms with Crippen molar-refractivity contribution >= 4 is 57.8 Å². The number of carbonyl (C=O) groups excluding carboxylic acids is 1. The fourth-order valence-electron chi connectivity index (χ4n) is 1.27. The number of aromatic nitrogens is 1. The van der Waals surface area contributed by atoms with Gasteiger partial charge in [-0.2, -0.15) is 0 Å². The molecule has 2 heterocycles. The molecule has 0 aromatic carbocycles. The molecule has 0 atom stereocenters. The van der Waals surface area contributed by atoms with Gasteiger partial charge in [-0.15, -0.1) is 11.3 Å². The van der Waals surface area contributed by atoms with Gasteiger partial charge in [-0.25, -0.2) is 0 Å². The van der Waals surface area contributed by atoms with E-state index in [0.717, 1.165) is 21.9 Å². The summed E-state index contributed by atoms with van der Waals surface area (Å²) in [6.07, 6.45) is 4.16. The van der Waals surface area contributed by atoms with Gasteiger partial charge in [0, 0.05) is 55.5 Å². The molecule has 0 N–H and O–H groups in total. The summed E-state index contributed by atoms with van der Waals surface area (Å²) in [5, 5.41) is 5.79. The van der Waals surface area contributed by atoms with Crippen molar-refractivity contribution in [3.05, 3.63) is 28.9 Å². The van der Waals surface area contributed by atoms with Gasteiger partial charge in [-0.1, -0.05) is 5.92 Å². The highest BCUT2D eigenvalue weighted by Crippen LogP contribution is 2.27. The molecule has 0 saturated carbocycles. The number of carbonyl (C=O) groups is 1. The number of fused-ring (bicyclic) bond motifs is 1. The van der Waals surface area contributed by atoms with Crippen LogP contribution in [-0.2, 0) is 0 Å². The Balaban J connectivity index is 2.71. The number of pyridine rings is 1. The lowest BCUT2D eigenvalue weighted by molar-refractivity contribution is 0.112. The van der Waals surface area contributed by atoms with Crippen LogP contribution >= 0.6 is 41.5 Å². The topological polar surface area (TPSA) is 30.0 Å². The smallest absolute Gasteiger partial charge is 0.152 e. The summed E-state index contributed by atoms with van der Waals surface area (Å²) in [6.45, 7) is 0. The number of aldehydes is 1. The number of hydrogen-bond donors (Lipinski definition) is 0. The van der Waals surface area contributed by atoms with E-state index in [0.29, 0.717) is 5.56 Å². The molecule has 0 saturated heterocycles. The van der Waals surface area contributed by atoms with Crippen LogP contribution in [0, 0.1) is 11.2 Å². The lowest BCUT2D eigenvalue weighted by Crippen LogP contribution is -1.84. The van der Waals surface area contributed by atoms with Crippen LogP contribution in [0.15, 0.2) is 17.8 Å². The molecular formula is C10H4INOS2. The van der Waals surface area contributed by atoms with E-state index in [4.69, 9.17) is 0 Å². The molecular weight excluding hydrogens is 341 g/mol. The van der Waals surface area contributed by atoms with E-state index in [-0.39, 0.29) is 0 Å². The predicted molar refractivity (Wildman–Crippen MR) is 73.5 cm³/mol. The number of thiophene rings is 1. The van der Waals surface area contributed by atoms with E-state index in [2.05, 4.69) is 37.4 Å². The van der Waals surface area contributed by atoms with Crippen LogP contribution in [0.5, 0.6) is 0 Å². The fourth-order valence-corrected chi connectivity index (χ4v) is 2.64. The third-order valence-electron chi connectivity index (χ3n) is 1.86. The van der Waals surface area contributed by atoms with E-state index in [1.807, 2.05) is 5.38 Å². The Labute approximate surface area is 107 Å². The molecule has 15 heavy (non-hydrogen) atoms. The number of nitrogens with zero attached hydrogens (tertiary/aromatic N) is 1. The van der Waals surface area contributed by atoms with Crippen molar-refractivity contribution in [1.29, 1.82) is 0 Å². The first-order valence-corrected chi connectivity index (χ1v) is 8.19. The van der Waals surface area contributed by atoms with Gasteiger partial charge in [0.1, 0.15) is 0 Å². The van der Waals surface area contributed by atoms with Gasteiger partial charge in [0.15, 0.2) is 6.29 Å². The summed E-state index contributed by atoms with van der Waals surface area (Å²) in [5.74, 6) is 3.02. The van der Waals surface area contributed by atoms with Crippen LogP contribution in [0.3, 0.4) is 0 Å². The Morgan fingerprint density at radius 3 is 3.13 bits per heavy atom. The first-order chi connectivity index (χ1) is 7.36. The summed E-state index contributed by atoms with van der Waals surface area (Å²) in [6, 6.07) is 0. The molecule has 5 heteroatoms. The normalized spacial score (nSPS) is 9.67. The largest absolute Gasteiger partial charge is 0.298 e. The molecule has 74 valence electrons. The molecule has 2 aromatic rings. The average Bonchev–Trinajstić information content (AvgIpc) is 2.69. The zero-order valence-electron chi connectivity index (χ0n) is 7.36. The maximum absolute atomic E-state index is 10.9. The summed E-state index contributed by atoms with van der Waals surface area (Å²) in [7, 11) is 1.43. The minimum absolute atomic E-state index is 0.608. The van der Waals surface area contributed by atoms with Crippen LogP contribution < -0.4 is 0 Å². The molecule has 2 rings (SSSR count). The lowest BCUT2D eigenvalue weighted by atomic mass is 10.1. The number of hydrogen-bond acceptors (Lipinski definition) is 4. The monoisotopic (exact) mass is 345 g/mol. The minimum atomic E-state index is 0.608. The zero-order chi connectivity index (χ0) is 10.7. The number of rotatable bonds is 1. The van der Waals surface area contributed by atoms with Crippen LogP contribution in [0.1, 0.15) is 15.9 Å². The van der Waals surface area contributed by atoms with Crippen molar-refractivity contribution in [2.75, 3.05) is 0 Å². The van der Waals surface area contributed by atoms with Crippen molar-refractivity contribution in [3.8, 4) is 11.2 Å². The standard InChI is InChI=1S/C10H4INOS2/c11-15-2-1-7-6-14-9-4-12-3-8(5-13)10(7)9/h3-6H. The van der Waals surface area contributed by atoms with Crippen LogP contribution in [-0.4, -0.2) is 11.3 Å². The second-order valence-electron chi connectivity index (χ2n) is 2.67. The van der Waals surface area contributed by atoms with E-state index in [1.54, 1.807) is 23.7 Å². The summed E-state index contributed by atoms with van der Waals surface area (Å²) >= 11 is 3.68. The van der Waals surface area contributed by atoms with E-state index < -0.39 is 0 Å². The van der Waals surface area contributed by atoms with Crippen molar-refractivity contribution in [2.45, 2.75) is 0 Å². The Morgan fingerprint density at radius 1 is 1.53 bits per heavy atom. The Bertz CT molecular complexity index is 568. The molecule has 0 amide bonds. The van der Waals surface area contributed by atoms with Crippen molar-refractivity contribution in [3.63, 3.8) is 0 Å². The number of halogens is 1. The van der Waals surface area contributed by atoms with Gasteiger partial charge >= 0.3 is 0 Å². The first-order valence-electron chi connectivity index (χ1n) is 3.96. The van der Waals surface area contributed by atoms with E-state index >= 15 is 0 Å². The van der Waals surface area contributed by atoms with Crippen LogP contribution in [0.4, 0.5) is 0 Å². The molecule has 0 radical (unpaired) electrons. The van der Waals surface area contributed by atoms with Crippen molar-refractivity contribution in [1.82, 2.24) is 4.98 Å². The summed E-state index contributed by atoms with van der Waals surface area (Å²) < 4.78 is 1.00. The zero-order valence-corrected chi connectivity index (χ0v) is 11.1. The molecule has 0 aliphatic carbocycles. The molecule has 0 fully saturated rings. The second kappa shape index (κ2) is 4.96. The first kappa shape index (κ1) is 10.9. The Kier molecular flexibility index (Phi) is 3.61. The Morgan fingerprint density at radius 2 is 2.40 bits per heavy atom. The highest BCUT2D eigenvalue weighted by atomic mass is 127. The van der Waals surface area contributed by atoms with Gasteiger partial charge in [0.05, 0.1) is 4.70 Å². The summed E-state index contributed by atoms with van der Waals surface area (Å²) in [5.41, 5.74) is 1.51. The molecule has 2 aromatic heterocycles. The second-order valence-corrected chi connectivity index (χ2v) is 5.26. The third kappa shape index (κ3) is 2.17. The molecule has 2 nitrogen and oxygen atoms in total. The predicted octanol–water partition coefficient (Wildman–Crippen LogP) is 3.50. The van der Waals surface area contributed by atoms with Gasteiger partial charge < -0.3 is 0 Å². The van der Waals surface area contributed by atoms with Crippen LogP contribution in [0.2, 0.25) is 0 Å². The molecule has 0 bridgehead atoms. The summed E-state index contributed by atoms with van der Waals surface area (Å²) in [4.78, 5) is 14.9. The third-order valence-corrected chi connectivity index (χ3v) is 3.62. The maximum atomic E-state index is 10.9. The molecule has 0 aliphatic rings. The quantitative estimate of drug-likeness (QED) is 0.450. The molecule has 0 aliphatic heterocycles. The lowest BCUT2D eigenvalue weighted by Gasteiger charge is -1.93. The minimum Gasteiger partial charge on any atom is -0.298 e. The van der Waals surface area contributed by atoms with Crippen molar-refractivity contribution < 1.29 is 4.79 Å². The van der Waals surface area contributed by atoms with E-state index in [9.17, 15) is 4.79 Å². The average molecular weight is 345 g/mol. The SMILES string of the molecule is O=Cc1cncc2scc(C#CSI)c12. The maximum Gasteiger partial charge on any atom is 0.152 e. The van der Waals surface area contributed by atoms with E-state index in [1.165, 1.54) is 8.93 Å². The van der Waals surface area contributed by atoms with Crippen molar-refractivity contribution in [2.24, 2.45) is 0 Å². The fraction of sp³-hybridized carbons (Fsp3) is 0. The Hall–Kier alpha value is -0.580. The highest BCUT2D eigenvalue weighted by molar-refractivity contribution is 14.2. The highest BCUT2D eigenvalue weighted by Gasteiger charge is 2.06. The molecule has 0 spiro atoms. The van der Waals surface area contributed by atoms with Gasteiger partial charge in [0.2, 0.25) is 0 Å². The van der Waals surface area contributed by atoms with Gasteiger partial charge in [-0.3, -0.25) is 9.78 Å². The van der Waals surface area contributed by atoms with Gasteiger partial charge in [-0.05, 0) is 14.2 Å². The molecule has 0 unspecified atom stereocenters. The van der Waals surface area contributed by atoms with Gasteiger partial charge in [0.25, 0.3) is 0 Å². The van der Waals surface area contributed by atoms with Crippen LogP contribution in [0.25, 0.3) is 10.1 Å².